The van der Waals surface area contributed by atoms with E-state index in [0.717, 1.165) is 6.07 Å². The highest BCUT2D eigenvalue weighted by atomic mass is 35.5. The van der Waals surface area contributed by atoms with Gasteiger partial charge in [-0.3, -0.25) is 0 Å². The smallest absolute Gasteiger partial charge is 0.395 e. The lowest BCUT2D eigenvalue weighted by Gasteiger charge is -2.04. The van der Waals surface area contributed by atoms with Crippen molar-refractivity contribution in [1.29, 1.82) is 0 Å². The predicted molar refractivity (Wildman–Crippen MR) is 55.1 cm³/mol. The molecule has 0 fully saturated rings. The molecule has 0 saturated heterocycles. The minimum absolute atomic E-state index is 0.0111. The van der Waals surface area contributed by atoms with Gasteiger partial charge < -0.3 is 15.2 Å². The Morgan fingerprint density at radius 1 is 1.28 bits per heavy atom. The molecule has 1 aliphatic rings. The van der Waals surface area contributed by atoms with Crippen LogP contribution in [0.4, 0.5) is 19.0 Å². The van der Waals surface area contributed by atoms with E-state index >= 15 is 0 Å². The zero-order valence-corrected chi connectivity index (χ0v) is 9.13. The number of hydrogen-bond donors (Lipinski definition) is 1. The van der Waals surface area contributed by atoms with E-state index in [-0.39, 0.29) is 22.0 Å². The summed E-state index contributed by atoms with van der Waals surface area (Å²) in [6, 6.07) is 1.07. The van der Waals surface area contributed by atoms with Gasteiger partial charge in [-0.1, -0.05) is 0 Å². The average molecular weight is 278 g/mol. The molecule has 18 heavy (non-hydrogen) atoms. The van der Waals surface area contributed by atoms with Crippen LogP contribution in [0.3, 0.4) is 0 Å². The minimum atomic E-state index is -3.92. The summed E-state index contributed by atoms with van der Waals surface area (Å²) in [5.74, 6) is -2.48. The van der Waals surface area contributed by atoms with Crippen molar-refractivity contribution in [2.24, 2.45) is 0 Å². The first-order chi connectivity index (χ1) is 8.37. The van der Waals surface area contributed by atoms with Gasteiger partial charge in [-0.25, -0.2) is 14.4 Å². The summed E-state index contributed by atoms with van der Waals surface area (Å²) in [6.45, 7) is 0. The van der Waals surface area contributed by atoms with Gasteiger partial charge in [0.1, 0.15) is 11.3 Å². The highest BCUT2D eigenvalue weighted by Crippen LogP contribution is 2.46. The van der Waals surface area contributed by atoms with E-state index in [1.54, 1.807) is 0 Å². The maximum Gasteiger partial charge on any atom is 0.586 e. The molecule has 0 amide bonds. The second kappa shape index (κ2) is 3.29. The second-order valence-corrected chi connectivity index (χ2v) is 3.80. The van der Waals surface area contributed by atoms with Crippen LogP contribution in [0, 0.1) is 5.82 Å². The average Bonchev–Trinajstić information content (AvgIpc) is 2.56. The highest BCUT2D eigenvalue weighted by molar-refractivity contribution is 6.28. The molecule has 0 unspecified atom stereocenters. The zero-order chi connectivity index (χ0) is 13.1. The Bertz CT molecular complexity index is 680. The predicted octanol–water partition coefficient (Wildman–Crippen LogP) is 2.33. The van der Waals surface area contributed by atoms with E-state index in [9.17, 15) is 13.2 Å². The van der Waals surface area contributed by atoms with Crippen molar-refractivity contribution in [2.45, 2.75) is 6.29 Å². The largest absolute Gasteiger partial charge is 0.586 e. The van der Waals surface area contributed by atoms with Gasteiger partial charge in [0, 0.05) is 5.39 Å². The van der Waals surface area contributed by atoms with Crippen LogP contribution in [-0.2, 0) is 0 Å². The fourth-order valence-corrected chi connectivity index (χ4v) is 1.79. The molecule has 94 valence electrons. The van der Waals surface area contributed by atoms with Gasteiger partial charge in [0.15, 0.2) is 11.6 Å². The summed E-state index contributed by atoms with van der Waals surface area (Å²) in [5.41, 5.74) is 5.19. The quantitative estimate of drug-likeness (QED) is 0.748. The summed E-state index contributed by atoms with van der Waals surface area (Å²) in [5, 5.41) is -0.290. The maximum atomic E-state index is 13.9. The number of hydrogen-bond acceptors (Lipinski definition) is 5. The first-order valence-corrected chi connectivity index (χ1v) is 4.96. The van der Waals surface area contributed by atoms with Crippen molar-refractivity contribution in [3.63, 3.8) is 0 Å². The molecule has 9 heteroatoms. The van der Waals surface area contributed by atoms with Crippen molar-refractivity contribution in [1.82, 2.24) is 9.97 Å². The number of benzene rings is 1. The van der Waals surface area contributed by atoms with Crippen molar-refractivity contribution in [3.05, 3.63) is 17.2 Å². The molecule has 0 saturated carbocycles. The number of anilines is 1. The van der Waals surface area contributed by atoms with E-state index in [4.69, 9.17) is 17.3 Å². The molecule has 0 atom stereocenters. The molecule has 0 aliphatic carbocycles. The van der Waals surface area contributed by atoms with Gasteiger partial charge in [-0.2, -0.15) is 0 Å². The van der Waals surface area contributed by atoms with E-state index in [0.29, 0.717) is 0 Å². The van der Waals surface area contributed by atoms with Gasteiger partial charge in [0.2, 0.25) is 11.0 Å². The summed E-state index contributed by atoms with van der Waals surface area (Å²) in [4.78, 5) is 7.17. The van der Waals surface area contributed by atoms with Crippen molar-refractivity contribution >= 4 is 28.3 Å². The molecule has 2 aromatic rings. The summed E-state index contributed by atoms with van der Waals surface area (Å²) in [6.07, 6.45) is -3.92. The Labute approximate surface area is 102 Å². The Kier molecular flexibility index (Phi) is 2.03. The van der Waals surface area contributed by atoms with Crippen molar-refractivity contribution in [2.75, 3.05) is 5.73 Å². The van der Waals surface area contributed by atoms with Crippen LogP contribution in [0.1, 0.15) is 0 Å². The molecule has 0 spiro atoms. The van der Waals surface area contributed by atoms with Gasteiger partial charge in [-0.15, -0.1) is 8.78 Å². The number of aromatic nitrogens is 2. The fraction of sp³-hybridized carbons (Fsp3) is 0.111. The van der Waals surface area contributed by atoms with Crippen LogP contribution in [0.5, 0.6) is 11.5 Å². The zero-order valence-electron chi connectivity index (χ0n) is 8.38. The number of nitrogen functional groups attached to an aromatic ring is 1. The lowest BCUT2D eigenvalue weighted by Crippen LogP contribution is -2.26. The highest BCUT2D eigenvalue weighted by Gasteiger charge is 2.45. The SMILES string of the molecule is Nc1nc(Cl)nc2c(F)c3c(cc12)OC(F)(F)O3. The number of alkyl halides is 2. The first kappa shape index (κ1) is 11.1. The minimum Gasteiger partial charge on any atom is -0.395 e. The second-order valence-electron chi connectivity index (χ2n) is 3.46. The number of fused-ring (bicyclic) bond motifs is 2. The number of rotatable bonds is 0. The number of halogens is 4. The number of nitrogens with zero attached hydrogens (tertiary/aromatic N) is 2. The molecule has 1 aromatic heterocycles. The molecule has 5 nitrogen and oxygen atoms in total. The molecule has 0 bridgehead atoms. The Hall–Kier alpha value is -1.96. The fourth-order valence-electron chi connectivity index (χ4n) is 1.62. The maximum absolute atomic E-state index is 13.9. The van der Waals surface area contributed by atoms with Gasteiger partial charge in [0.05, 0.1) is 0 Å². The van der Waals surface area contributed by atoms with Crippen molar-refractivity contribution in [3.8, 4) is 11.5 Å². The third-order valence-corrected chi connectivity index (χ3v) is 2.47. The van der Waals surface area contributed by atoms with Gasteiger partial charge >= 0.3 is 6.29 Å². The third kappa shape index (κ3) is 1.49. The summed E-state index contributed by atoms with van der Waals surface area (Å²) in [7, 11) is 0. The van der Waals surface area contributed by atoms with Crippen LogP contribution >= 0.6 is 11.6 Å². The van der Waals surface area contributed by atoms with Gasteiger partial charge in [-0.05, 0) is 17.7 Å². The van der Waals surface area contributed by atoms with Crippen LogP contribution in [0.25, 0.3) is 10.9 Å². The summed E-state index contributed by atoms with van der Waals surface area (Å²) < 4.78 is 47.8. The normalized spacial score (nSPS) is 16.2. The van der Waals surface area contributed by atoms with E-state index in [2.05, 4.69) is 19.4 Å². The number of ether oxygens (including phenoxy) is 2. The van der Waals surface area contributed by atoms with E-state index < -0.39 is 23.6 Å². The first-order valence-electron chi connectivity index (χ1n) is 4.58. The third-order valence-electron chi connectivity index (χ3n) is 2.30. The molecule has 1 aliphatic heterocycles. The monoisotopic (exact) mass is 277 g/mol. The van der Waals surface area contributed by atoms with Crippen LogP contribution < -0.4 is 15.2 Å². The lowest BCUT2D eigenvalue weighted by molar-refractivity contribution is -0.287. The Balaban J connectivity index is 2.36. The molecule has 0 radical (unpaired) electrons. The molecule has 2 heterocycles. The topological polar surface area (TPSA) is 70.3 Å². The van der Waals surface area contributed by atoms with Crippen LogP contribution in [0.2, 0.25) is 5.28 Å². The molecule has 3 rings (SSSR count). The number of nitrogens with two attached hydrogens (primary N) is 1. The molecule has 1 aromatic carbocycles. The molecular weight excluding hydrogens is 275 g/mol. The molecular formula is C9H3ClF3N3O2. The molecule has 2 N–H and O–H groups in total. The van der Waals surface area contributed by atoms with Crippen LogP contribution in [-0.4, -0.2) is 16.3 Å². The van der Waals surface area contributed by atoms with E-state index in [1.807, 2.05) is 0 Å². The van der Waals surface area contributed by atoms with Crippen molar-refractivity contribution < 1.29 is 22.6 Å². The lowest BCUT2D eigenvalue weighted by atomic mass is 10.2. The standard InChI is InChI=1S/C9H3ClF3N3O2/c10-8-15-5-2(7(14)16-8)1-3-6(4(5)11)18-9(12,13)17-3/h1H,(H2,14,15,16). The van der Waals surface area contributed by atoms with Crippen LogP contribution in [0.15, 0.2) is 6.07 Å². The summed E-state index contributed by atoms with van der Waals surface area (Å²) >= 11 is 5.51. The Morgan fingerprint density at radius 3 is 2.72 bits per heavy atom. The Morgan fingerprint density at radius 2 is 2.00 bits per heavy atom. The van der Waals surface area contributed by atoms with E-state index in [1.165, 1.54) is 0 Å². The van der Waals surface area contributed by atoms with Gasteiger partial charge in [0.25, 0.3) is 0 Å².